The first-order valence-electron chi connectivity index (χ1n) is 10.7. The Morgan fingerprint density at radius 3 is 2.63 bits per heavy atom. The van der Waals surface area contributed by atoms with Crippen LogP contribution in [0.2, 0.25) is 0 Å². The summed E-state index contributed by atoms with van der Waals surface area (Å²) in [6.45, 7) is 1.00. The minimum Gasteiger partial charge on any atom is -0.490 e. The summed E-state index contributed by atoms with van der Waals surface area (Å²) in [4.78, 5) is 24.9. The summed E-state index contributed by atoms with van der Waals surface area (Å²) in [6.07, 6.45) is 6.09. The molecular formula is C24H28N2O4. The molecule has 4 rings (SSSR count). The zero-order valence-electron chi connectivity index (χ0n) is 17.1. The van der Waals surface area contributed by atoms with E-state index in [9.17, 15) is 9.59 Å². The summed E-state index contributed by atoms with van der Waals surface area (Å²) in [7, 11) is 0. The summed E-state index contributed by atoms with van der Waals surface area (Å²) in [5, 5.41) is 5.80. The van der Waals surface area contributed by atoms with Gasteiger partial charge in [0.2, 0.25) is 0 Å². The van der Waals surface area contributed by atoms with Crippen molar-refractivity contribution in [2.75, 3.05) is 11.9 Å². The van der Waals surface area contributed by atoms with Gasteiger partial charge in [-0.25, -0.2) is 0 Å². The van der Waals surface area contributed by atoms with Gasteiger partial charge in [0.15, 0.2) is 0 Å². The maximum absolute atomic E-state index is 12.7. The van der Waals surface area contributed by atoms with Gasteiger partial charge in [-0.05, 0) is 62.8 Å². The van der Waals surface area contributed by atoms with Crippen LogP contribution in [0.3, 0.4) is 0 Å². The van der Waals surface area contributed by atoms with Crippen LogP contribution in [-0.4, -0.2) is 30.6 Å². The summed E-state index contributed by atoms with van der Waals surface area (Å²) in [6, 6.07) is 14.8. The highest BCUT2D eigenvalue weighted by Gasteiger charge is 2.23. The highest BCUT2D eigenvalue weighted by Crippen LogP contribution is 2.26. The van der Waals surface area contributed by atoms with E-state index in [1.807, 2.05) is 24.3 Å². The summed E-state index contributed by atoms with van der Waals surface area (Å²) in [5.74, 6) is 0.476. The number of benzene rings is 2. The third kappa shape index (κ3) is 5.19. The number of hydrogen-bond acceptors (Lipinski definition) is 4. The molecule has 0 aromatic heterocycles. The van der Waals surface area contributed by atoms with Crippen LogP contribution in [0.4, 0.5) is 5.69 Å². The quantitative estimate of drug-likeness (QED) is 0.725. The van der Waals surface area contributed by atoms with Crippen molar-refractivity contribution in [1.82, 2.24) is 5.32 Å². The zero-order valence-corrected chi connectivity index (χ0v) is 17.1. The van der Waals surface area contributed by atoms with Gasteiger partial charge in [-0.1, -0.05) is 24.3 Å². The van der Waals surface area contributed by atoms with Crippen LogP contribution in [0.15, 0.2) is 48.5 Å². The molecule has 1 aliphatic carbocycles. The van der Waals surface area contributed by atoms with Gasteiger partial charge in [0, 0.05) is 30.0 Å². The Balaban J connectivity index is 1.36. The lowest BCUT2D eigenvalue weighted by Crippen LogP contribution is -2.27. The minimum atomic E-state index is -0.404. The smallest absolute Gasteiger partial charge is 0.253 e. The molecule has 6 heteroatoms. The van der Waals surface area contributed by atoms with Crippen molar-refractivity contribution in [3.05, 3.63) is 59.7 Å². The molecule has 158 valence electrons. The van der Waals surface area contributed by atoms with E-state index in [0.29, 0.717) is 24.4 Å². The van der Waals surface area contributed by atoms with Gasteiger partial charge in [-0.3, -0.25) is 9.59 Å². The van der Waals surface area contributed by atoms with Crippen molar-refractivity contribution < 1.29 is 19.1 Å². The van der Waals surface area contributed by atoms with Crippen molar-refractivity contribution in [2.24, 2.45) is 0 Å². The van der Waals surface area contributed by atoms with Crippen LogP contribution in [0, 0.1) is 0 Å². The lowest BCUT2D eigenvalue weighted by Gasteiger charge is -2.17. The van der Waals surface area contributed by atoms with Crippen molar-refractivity contribution >= 4 is 17.5 Å². The highest BCUT2D eigenvalue weighted by molar-refractivity contribution is 5.98. The highest BCUT2D eigenvalue weighted by atomic mass is 16.5. The van der Waals surface area contributed by atoms with Gasteiger partial charge in [-0.15, -0.1) is 0 Å². The van der Waals surface area contributed by atoms with Crippen LogP contribution >= 0.6 is 0 Å². The van der Waals surface area contributed by atoms with Gasteiger partial charge in [-0.2, -0.15) is 0 Å². The topological polar surface area (TPSA) is 76.7 Å². The van der Waals surface area contributed by atoms with Gasteiger partial charge >= 0.3 is 0 Å². The molecule has 1 unspecified atom stereocenters. The van der Waals surface area contributed by atoms with E-state index in [2.05, 4.69) is 10.6 Å². The van der Waals surface area contributed by atoms with E-state index in [1.54, 1.807) is 24.3 Å². The van der Waals surface area contributed by atoms with Crippen LogP contribution in [-0.2, 0) is 16.1 Å². The summed E-state index contributed by atoms with van der Waals surface area (Å²) in [5.41, 5.74) is 2.04. The van der Waals surface area contributed by atoms with E-state index in [-0.39, 0.29) is 17.9 Å². The first-order valence-corrected chi connectivity index (χ1v) is 10.7. The Morgan fingerprint density at radius 1 is 1.00 bits per heavy atom. The maximum Gasteiger partial charge on any atom is 0.253 e. The normalized spacial score (nSPS) is 18.9. The molecule has 2 N–H and O–H groups in total. The number of ether oxygens (including phenoxy) is 2. The van der Waals surface area contributed by atoms with E-state index in [4.69, 9.17) is 9.47 Å². The molecule has 0 bridgehead atoms. The minimum absolute atomic E-state index is 0.164. The molecule has 1 saturated carbocycles. The second-order valence-electron chi connectivity index (χ2n) is 7.89. The van der Waals surface area contributed by atoms with Crippen LogP contribution < -0.4 is 15.4 Å². The molecule has 2 aromatic carbocycles. The molecule has 1 saturated heterocycles. The average molecular weight is 408 g/mol. The van der Waals surface area contributed by atoms with Crippen molar-refractivity contribution in [3.8, 4) is 5.75 Å². The Hall–Kier alpha value is -2.86. The van der Waals surface area contributed by atoms with E-state index in [0.717, 1.165) is 37.0 Å². The summed E-state index contributed by atoms with van der Waals surface area (Å²) < 4.78 is 11.6. The Morgan fingerprint density at radius 2 is 1.83 bits per heavy atom. The van der Waals surface area contributed by atoms with E-state index < -0.39 is 6.10 Å². The SMILES string of the molecule is O=C(NCc1ccccc1OC1CCCC1)c1cccc(NC(=O)C2CCCO2)c1. The first-order chi connectivity index (χ1) is 14.7. The predicted molar refractivity (Wildman–Crippen MR) is 115 cm³/mol. The fourth-order valence-corrected chi connectivity index (χ4v) is 3.97. The number of hydrogen-bond donors (Lipinski definition) is 2. The Labute approximate surface area is 177 Å². The van der Waals surface area contributed by atoms with Gasteiger partial charge in [0.1, 0.15) is 11.9 Å². The number of rotatable bonds is 7. The molecule has 2 amide bonds. The van der Waals surface area contributed by atoms with Crippen molar-refractivity contribution in [3.63, 3.8) is 0 Å². The second kappa shape index (κ2) is 9.76. The lowest BCUT2D eigenvalue weighted by atomic mass is 10.1. The number of carbonyl (C=O) groups is 2. The van der Waals surface area contributed by atoms with Crippen molar-refractivity contribution in [1.29, 1.82) is 0 Å². The first kappa shape index (κ1) is 20.4. The van der Waals surface area contributed by atoms with Gasteiger partial charge in [0.05, 0.1) is 6.10 Å². The van der Waals surface area contributed by atoms with Gasteiger partial charge < -0.3 is 20.1 Å². The van der Waals surface area contributed by atoms with Crippen LogP contribution in [0.25, 0.3) is 0 Å². The predicted octanol–water partition coefficient (Wildman–Crippen LogP) is 4.06. The fraction of sp³-hybridized carbons (Fsp3) is 0.417. The maximum atomic E-state index is 12.7. The number of amides is 2. The van der Waals surface area contributed by atoms with Crippen LogP contribution in [0.1, 0.15) is 54.4 Å². The average Bonchev–Trinajstić information content (AvgIpc) is 3.47. The molecule has 1 heterocycles. The lowest BCUT2D eigenvalue weighted by molar-refractivity contribution is -0.124. The third-order valence-electron chi connectivity index (χ3n) is 5.62. The molecule has 2 aromatic rings. The molecule has 0 radical (unpaired) electrons. The van der Waals surface area contributed by atoms with Crippen molar-refractivity contribution in [2.45, 2.75) is 57.3 Å². The molecule has 0 spiro atoms. The second-order valence-corrected chi connectivity index (χ2v) is 7.89. The standard InChI is InChI=1S/C24H28N2O4/c27-23(17-8-5-9-19(15-17)26-24(28)22-13-6-14-29-22)25-16-18-7-1-4-12-21(18)30-20-10-2-3-11-20/h1,4-5,7-9,12,15,20,22H,2-3,6,10-11,13-14,16H2,(H,25,27)(H,26,28). The Kier molecular flexibility index (Phi) is 6.64. The monoisotopic (exact) mass is 408 g/mol. The summed E-state index contributed by atoms with van der Waals surface area (Å²) >= 11 is 0. The zero-order chi connectivity index (χ0) is 20.8. The molecule has 30 heavy (non-hydrogen) atoms. The van der Waals surface area contributed by atoms with Gasteiger partial charge in [0.25, 0.3) is 11.8 Å². The number of anilines is 1. The number of para-hydroxylation sites is 1. The molecule has 2 fully saturated rings. The molecule has 1 aliphatic heterocycles. The number of carbonyl (C=O) groups excluding carboxylic acids is 2. The molecule has 1 atom stereocenters. The van der Waals surface area contributed by atoms with E-state index in [1.165, 1.54) is 12.8 Å². The molecular weight excluding hydrogens is 380 g/mol. The molecule has 6 nitrogen and oxygen atoms in total. The largest absolute Gasteiger partial charge is 0.490 e. The van der Waals surface area contributed by atoms with Crippen LogP contribution in [0.5, 0.6) is 5.75 Å². The fourth-order valence-electron chi connectivity index (χ4n) is 3.97. The third-order valence-corrected chi connectivity index (χ3v) is 5.62. The van der Waals surface area contributed by atoms with E-state index >= 15 is 0 Å². The number of nitrogens with one attached hydrogen (secondary N) is 2. The Bertz CT molecular complexity index is 886. The molecule has 2 aliphatic rings.